The molecule has 0 aliphatic carbocycles. The number of aryl methyl sites for hydroxylation is 1. The number of nitrogens with zero attached hydrogens (tertiary/aromatic N) is 1. The van der Waals surface area contributed by atoms with Crippen molar-refractivity contribution < 1.29 is 9.90 Å². The lowest BCUT2D eigenvalue weighted by Crippen LogP contribution is -2.43. The minimum atomic E-state index is -0.489. The molecule has 1 amide bonds. The lowest BCUT2D eigenvalue weighted by atomic mass is 10.1. The Labute approximate surface area is 102 Å². The number of aromatic hydroxyl groups is 1. The summed E-state index contributed by atoms with van der Waals surface area (Å²) >= 11 is 0. The van der Waals surface area contributed by atoms with Crippen LogP contribution in [-0.2, 0) is 4.79 Å². The minimum absolute atomic E-state index is 0.108. The number of hydrogen-bond acceptors (Lipinski definition) is 3. The van der Waals surface area contributed by atoms with Crippen molar-refractivity contribution in [2.75, 3.05) is 11.4 Å². The van der Waals surface area contributed by atoms with Gasteiger partial charge in [0.15, 0.2) is 0 Å². The van der Waals surface area contributed by atoms with Gasteiger partial charge in [0.2, 0.25) is 5.91 Å². The largest absolute Gasteiger partial charge is 0.508 e. The first-order chi connectivity index (χ1) is 8.01. The van der Waals surface area contributed by atoms with E-state index in [4.69, 9.17) is 5.73 Å². The number of amides is 1. The number of hydrogen-bond donors (Lipinski definition) is 2. The second-order valence-electron chi connectivity index (χ2n) is 4.07. The minimum Gasteiger partial charge on any atom is -0.508 e. The molecule has 4 nitrogen and oxygen atoms in total. The summed E-state index contributed by atoms with van der Waals surface area (Å²) in [5, 5.41) is 9.49. The predicted octanol–water partition coefficient (Wildman–Crippen LogP) is 1.79. The van der Waals surface area contributed by atoms with E-state index in [0.717, 1.165) is 11.3 Å². The van der Waals surface area contributed by atoms with E-state index >= 15 is 0 Å². The van der Waals surface area contributed by atoms with Crippen molar-refractivity contribution in [3.63, 3.8) is 0 Å². The topological polar surface area (TPSA) is 66.6 Å². The number of phenols is 1. The van der Waals surface area contributed by atoms with Gasteiger partial charge in [0, 0.05) is 12.6 Å². The molecule has 1 aromatic carbocycles. The summed E-state index contributed by atoms with van der Waals surface area (Å²) in [5.41, 5.74) is 7.43. The normalized spacial score (nSPS) is 12.2. The highest BCUT2D eigenvalue weighted by atomic mass is 16.3. The van der Waals surface area contributed by atoms with Gasteiger partial charge in [0.05, 0.1) is 11.7 Å². The molecular weight excluding hydrogens is 216 g/mol. The van der Waals surface area contributed by atoms with Crippen LogP contribution >= 0.6 is 0 Å². The van der Waals surface area contributed by atoms with E-state index in [9.17, 15) is 9.90 Å². The van der Waals surface area contributed by atoms with Gasteiger partial charge in [0.25, 0.3) is 0 Å². The number of rotatable bonds is 4. The molecule has 0 aliphatic heterocycles. The van der Waals surface area contributed by atoms with Gasteiger partial charge in [-0.1, -0.05) is 13.0 Å². The van der Waals surface area contributed by atoms with Crippen LogP contribution in [0.2, 0.25) is 0 Å². The number of benzene rings is 1. The second kappa shape index (κ2) is 5.68. The van der Waals surface area contributed by atoms with E-state index in [2.05, 4.69) is 0 Å². The van der Waals surface area contributed by atoms with Gasteiger partial charge < -0.3 is 15.7 Å². The summed E-state index contributed by atoms with van der Waals surface area (Å²) in [6.07, 6.45) is 0.604. The predicted molar refractivity (Wildman–Crippen MR) is 69.1 cm³/mol. The maximum Gasteiger partial charge on any atom is 0.243 e. The van der Waals surface area contributed by atoms with Crippen LogP contribution in [0, 0.1) is 6.92 Å². The summed E-state index contributed by atoms with van der Waals surface area (Å²) in [6, 6.07) is 4.50. The van der Waals surface area contributed by atoms with E-state index in [-0.39, 0.29) is 11.7 Å². The number of phenolic OH excluding ortho intramolecular Hbond substituents is 1. The van der Waals surface area contributed by atoms with Crippen LogP contribution in [0.1, 0.15) is 25.8 Å². The molecule has 0 saturated carbocycles. The number of carbonyl (C=O) groups excluding carboxylic acids is 1. The van der Waals surface area contributed by atoms with E-state index < -0.39 is 6.04 Å². The molecule has 1 rings (SSSR count). The van der Waals surface area contributed by atoms with Crippen molar-refractivity contribution in [1.82, 2.24) is 0 Å². The molecule has 4 heteroatoms. The Morgan fingerprint density at radius 2 is 2.12 bits per heavy atom. The van der Waals surface area contributed by atoms with Crippen molar-refractivity contribution in [2.45, 2.75) is 33.2 Å². The maximum atomic E-state index is 12.1. The number of carbonyl (C=O) groups is 1. The molecule has 0 heterocycles. The first kappa shape index (κ1) is 13.5. The van der Waals surface area contributed by atoms with Crippen LogP contribution in [0.3, 0.4) is 0 Å². The van der Waals surface area contributed by atoms with Crippen LogP contribution in [-0.4, -0.2) is 23.6 Å². The summed E-state index contributed by atoms with van der Waals surface area (Å²) in [4.78, 5) is 13.7. The maximum absolute atomic E-state index is 12.1. The first-order valence-corrected chi connectivity index (χ1v) is 5.87. The van der Waals surface area contributed by atoms with E-state index in [1.807, 2.05) is 20.8 Å². The Hall–Kier alpha value is -1.55. The molecule has 3 N–H and O–H groups in total. The molecule has 0 aromatic heterocycles. The number of anilines is 1. The van der Waals surface area contributed by atoms with Gasteiger partial charge in [-0.3, -0.25) is 4.79 Å². The van der Waals surface area contributed by atoms with Crippen molar-refractivity contribution in [1.29, 1.82) is 0 Å². The van der Waals surface area contributed by atoms with Crippen LogP contribution < -0.4 is 10.6 Å². The highest BCUT2D eigenvalue weighted by Crippen LogP contribution is 2.25. The van der Waals surface area contributed by atoms with Crippen molar-refractivity contribution in [3.05, 3.63) is 23.8 Å². The molecular formula is C13H20N2O2. The Kier molecular flexibility index (Phi) is 4.52. The molecule has 1 aromatic rings. The summed E-state index contributed by atoms with van der Waals surface area (Å²) < 4.78 is 0. The van der Waals surface area contributed by atoms with Crippen LogP contribution in [0.25, 0.3) is 0 Å². The SMILES string of the molecule is CC[C@@H](N)C(=O)N(CC)c1cc(O)ccc1C. The van der Waals surface area contributed by atoms with Crippen LogP contribution in [0.5, 0.6) is 5.75 Å². The van der Waals surface area contributed by atoms with Gasteiger partial charge in [-0.15, -0.1) is 0 Å². The molecule has 94 valence electrons. The van der Waals surface area contributed by atoms with Gasteiger partial charge in [-0.25, -0.2) is 0 Å². The zero-order chi connectivity index (χ0) is 13.0. The quantitative estimate of drug-likeness (QED) is 0.837. The highest BCUT2D eigenvalue weighted by molar-refractivity contribution is 5.97. The molecule has 0 saturated heterocycles. The summed E-state index contributed by atoms with van der Waals surface area (Å²) in [7, 11) is 0. The molecule has 17 heavy (non-hydrogen) atoms. The summed E-state index contributed by atoms with van der Waals surface area (Å²) in [5.74, 6) is 0.0469. The van der Waals surface area contributed by atoms with E-state index in [1.54, 1.807) is 23.1 Å². The van der Waals surface area contributed by atoms with E-state index in [1.165, 1.54) is 0 Å². The first-order valence-electron chi connectivity index (χ1n) is 5.87. The summed E-state index contributed by atoms with van der Waals surface area (Å²) in [6.45, 7) is 6.22. The third-order valence-corrected chi connectivity index (χ3v) is 2.82. The van der Waals surface area contributed by atoms with Gasteiger partial charge in [0.1, 0.15) is 5.75 Å². The molecule has 0 aliphatic rings. The van der Waals surface area contributed by atoms with Crippen LogP contribution in [0.15, 0.2) is 18.2 Å². The third kappa shape index (κ3) is 2.97. The Balaban J connectivity index is 3.09. The smallest absolute Gasteiger partial charge is 0.243 e. The molecule has 0 fully saturated rings. The zero-order valence-electron chi connectivity index (χ0n) is 10.6. The van der Waals surface area contributed by atoms with Crippen molar-refractivity contribution >= 4 is 11.6 Å². The standard InChI is InChI=1S/C13H20N2O2/c1-4-11(14)13(17)15(5-2)12-8-10(16)7-6-9(12)3/h6-8,11,16H,4-5,14H2,1-3H3/t11-/m1/s1. The van der Waals surface area contributed by atoms with Crippen molar-refractivity contribution in [2.24, 2.45) is 5.73 Å². The second-order valence-corrected chi connectivity index (χ2v) is 4.07. The molecule has 0 bridgehead atoms. The average Bonchev–Trinajstić information content (AvgIpc) is 2.33. The third-order valence-electron chi connectivity index (χ3n) is 2.82. The molecule has 0 radical (unpaired) electrons. The fraction of sp³-hybridized carbons (Fsp3) is 0.462. The fourth-order valence-corrected chi connectivity index (χ4v) is 1.71. The van der Waals surface area contributed by atoms with E-state index in [0.29, 0.717) is 13.0 Å². The molecule has 1 atom stereocenters. The Morgan fingerprint density at radius 1 is 1.47 bits per heavy atom. The highest BCUT2D eigenvalue weighted by Gasteiger charge is 2.21. The van der Waals surface area contributed by atoms with Crippen LogP contribution in [0.4, 0.5) is 5.69 Å². The lowest BCUT2D eigenvalue weighted by molar-refractivity contribution is -0.119. The van der Waals surface area contributed by atoms with Crippen molar-refractivity contribution in [3.8, 4) is 5.75 Å². The zero-order valence-corrected chi connectivity index (χ0v) is 10.6. The lowest BCUT2D eigenvalue weighted by Gasteiger charge is -2.25. The monoisotopic (exact) mass is 236 g/mol. The Bertz CT molecular complexity index is 404. The average molecular weight is 236 g/mol. The molecule has 0 unspecified atom stereocenters. The molecule has 0 spiro atoms. The number of likely N-dealkylation sites (N-methyl/N-ethyl adjacent to an activating group) is 1. The fourth-order valence-electron chi connectivity index (χ4n) is 1.71. The van der Waals surface area contributed by atoms with Gasteiger partial charge in [-0.05, 0) is 31.9 Å². The Morgan fingerprint density at radius 3 is 2.65 bits per heavy atom. The number of nitrogens with two attached hydrogens (primary N) is 1. The van der Waals surface area contributed by atoms with Gasteiger partial charge >= 0.3 is 0 Å². The van der Waals surface area contributed by atoms with Gasteiger partial charge in [-0.2, -0.15) is 0 Å².